The van der Waals surface area contributed by atoms with Crippen LogP contribution in [0.5, 0.6) is 0 Å². The van der Waals surface area contributed by atoms with Crippen molar-refractivity contribution in [2.75, 3.05) is 5.32 Å². The fraction of sp³-hybridized carbons (Fsp3) is 0.167. The zero-order valence-corrected chi connectivity index (χ0v) is 10.9. The molecule has 8 heteroatoms. The Morgan fingerprint density at radius 2 is 2.05 bits per heavy atom. The minimum absolute atomic E-state index is 0.198. The van der Waals surface area contributed by atoms with Gasteiger partial charge in [-0.3, -0.25) is 10.1 Å². The summed E-state index contributed by atoms with van der Waals surface area (Å²) in [5.74, 6) is -1.99. The van der Waals surface area contributed by atoms with Gasteiger partial charge in [-0.05, 0) is 25.1 Å². The van der Waals surface area contributed by atoms with E-state index in [1.54, 1.807) is 12.3 Å². The first-order chi connectivity index (χ1) is 9.27. The van der Waals surface area contributed by atoms with Crippen LogP contribution in [0.1, 0.15) is 21.6 Å². The smallest absolute Gasteiger partial charge is 0.298 e. The van der Waals surface area contributed by atoms with Crippen molar-refractivity contribution in [3.8, 4) is 0 Å². The summed E-state index contributed by atoms with van der Waals surface area (Å²) in [6, 6.07) is 1.68. The van der Waals surface area contributed by atoms with E-state index in [4.69, 9.17) is 0 Å². The largest absolute Gasteiger partial charge is 0.416 e. The van der Waals surface area contributed by atoms with Crippen LogP contribution in [0.4, 0.5) is 22.7 Å². The van der Waals surface area contributed by atoms with E-state index in [0.29, 0.717) is 23.9 Å². The lowest BCUT2D eigenvalue weighted by atomic mass is 10.1. The van der Waals surface area contributed by atoms with Gasteiger partial charge in [-0.2, -0.15) is 13.2 Å². The Morgan fingerprint density at radius 1 is 1.35 bits per heavy atom. The minimum atomic E-state index is -4.64. The van der Waals surface area contributed by atoms with E-state index in [1.165, 1.54) is 0 Å². The first-order valence-corrected chi connectivity index (χ1v) is 6.25. The van der Waals surface area contributed by atoms with E-state index in [9.17, 15) is 22.4 Å². The number of nitrogens with zero attached hydrogens (tertiary/aromatic N) is 1. The molecule has 0 aliphatic carbocycles. The number of hydrogen-bond donors (Lipinski definition) is 1. The van der Waals surface area contributed by atoms with Crippen LogP contribution in [0, 0.1) is 12.7 Å². The highest BCUT2D eigenvalue weighted by Crippen LogP contribution is 2.30. The molecule has 20 heavy (non-hydrogen) atoms. The molecule has 1 aromatic carbocycles. The van der Waals surface area contributed by atoms with Crippen molar-refractivity contribution in [2.24, 2.45) is 0 Å². The van der Waals surface area contributed by atoms with Gasteiger partial charge in [0.2, 0.25) is 0 Å². The van der Waals surface area contributed by atoms with Crippen molar-refractivity contribution in [3.63, 3.8) is 0 Å². The zero-order valence-electron chi connectivity index (χ0n) is 10.1. The molecule has 0 saturated carbocycles. The number of alkyl halides is 3. The summed E-state index contributed by atoms with van der Waals surface area (Å²) in [5, 5.41) is 4.11. The van der Waals surface area contributed by atoms with Crippen LogP contribution in [0.25, 0.3) is 0 Å². The predicted molar refractivity (Wildman–Crippen MR) is 66.2 cm³/mol. The molecular formula is C12H8F4N2OS. The number of benzene rings is 1. The summed E-state index contributed by atoms with van der Waals surface area (Å²) in [6.07, 6.45) is -4.64. The van der Waals surface area contributed by atoms with Crippen molar-refractivity contribution >= 4 is 22.4 Å². The van der Waals surface area contributed by atoms with Gasteiger partial charge in [0, 0.05) is 5.38 Å². The Bertz CT molecular complexity index is 651. The van der Waals surface area contributed by atoms with Gasteiger partial charge in [0.15, 0.2) is 5.13 Å². The lowest BCUT2D eigenvalue weighted by Crippen LogP contribution is -2.15. The van der Waals surface area contributed by atoms with Crippen LogP contribution < -0.4 is 5.32 Å². The van der Waals surface area contributed by atoms with Crippen molar-refractivity contribution in [1.82, 2.24) is 4.98 Å². The monoisotopic (exact) mass is 304 g/mol. The molecule has 3 nitrogen and oxygen atoms in total. The summed E-state index contributed by atoms with van der Waals surface area (Å²) < 4.78 is 51.1. The Kier molecular flexibility index (Phi) is 3.76. The molecule has 1 aromatic heterocycles. The number of amides is 1. The third kappa shape index (κ3) is 3.13. The van der Waals surface area contributed by atoms with Gasteiger partial charge in [-0.15, -0.1) is 11.3 Å². The summed E-state index contributed by atoms with van der Waals surface area (Å²) in [6.45, 7) is 1.69. The molecule has 0 spiro atoms. The lowest BCUT2D eigenvalue weighted by molar-refractivity contribution is -0.137. The number of carbonyl (C=O) groups excluding carboxylic acids is 1. The SMILES string of the molecule is Cc1csc(NC(=O)c2cc(C(F)(F)F)ccc2F)n1. The number of halogens is 4. The van der Waals surface area contributed by atoms with Gasteiger partial charge in [0.1, 0.15) is 5.82 Å². The van der Waals surface area contributed by atoms with E-state index in [2.05, 4.69) is 10.3 Å². The Labute approximate surface area is 115 Å². The molecule has 0 fully saturated rings. The van der Waals surface area contributed by atoms with Crippen molar-refractivity contribution in [3.05, 3.63) is 46.2 Å². The number of aryl methyl sites for hydroxylation is 1. The number of nitrogens with one attached hydrogen (secondary N) is 1. The summed E-state index contributed by atoms with van der Waals surface area (Å²) in [7, 11) is 0. The summed E-state index contributed by atoms with van der Waals surface area (Å²) in [4.78, 5) is 15.7. The number of anilines is 1. The maximum atomic E-state index is 13.5. The first-order valence-electron chi connectivity index (χ1n) is 5.37. The molecule has 0 unspecified atom stereocenters. The van der Waals surface area contributed by atoms with Gasteiger partial charge in [0.25, 0.3) is 5.91 Å². The molecule has 1 heterocycles. The van der Waals surface area contributed by atoms with Crippen LogP contribution in [0.2, 0.25) is 0 Å². The maximum Gasteiger partial charge on any atom is 0.416 e. The third-order valence-corrected chi connectivity index (χ3v) is 3.25. The molecule has 0 saturated heterocycles. The molecule has 0 aliphatic heterocycles. The van der Waals surface area contributed by atoms with E-state index < -0.39 is 29.0 Å². The molecular weight excluding hydrogens is 296 g/mol. The fourth-order valence-corrected chi connectivity index (χ4v) is 2.13. The predicted octanol–water partition coefficient (Wildman–Crippen LogP) is 3.86. The van der Waals surface area contributed by atoms with Gasteiger partial charge in [0.05, 0.1) is 16.8 Å². The Balaban J connectivity index is 2.29. The van der Waals surface area contributed by atoms with Crippen LogP contribution >= 0.6 is 11.3 Å². The van der Waals surface area contributed by atoms with Gasteiger partial charge >= 0.3 is 6.18 Å². The van der Waals surface area contributed by atoms with Crippen LogP contribution in [0.3, 0.4) is 0 Å². The second-order valence-electron chi connectivity index (χ2n) is 3.94. The van der Waals surface area contributed by atoms with Crippen molar-refractivity contribution in [1.29, 1.82) is 0 Å². The average molecular weight is 304 g/mol. The molecule has 106 valence electrons. The van der Waals surface area contributed by atoms with E-state index in [1.807, 2.05) is 0 Å². The number of rotatable bonds is 2. The number of carbonyl (C=O) groups is 1. The normalized spacial score (nSPS) is 11.4. The van der Waals surface area contributed by atoms with Crippen molar-refractivity contribution < 1.29 is 22.4 Å². The summed E-state index contributed by atoms with van der Waals surface area (Å²) >= 11 is 1.10. The Hall–Kier alpha value is -1.96. The second-order valence-corrected chi connectivity index (χ2v) is 4.80. The van der Waals surface area contributed by atoms with Gasteiger partial charge in [-0.25, -0.2) is 9.37 Å². The molecule has 1 N–H and O–H groups in total. The zero-order chi connectivity index (χ0) is 14.9. The molecule has 0 aliphatic rings. The average Bonchev–Trinajstić information content (AvgIpc) is 2.73. The molecule has 0 radical (unpaired) electrons. The van der Waals surface area contributed by atoms with Crippen LogP contribution in [-0.2, 0) is 6.18 Å². The first kappa shape index (κ1) is 14.4. The quantitative estimate of drug-likeness (QED) is 0.856. The van der Waals surface area contributed by atoms with E-state index in [0.717, 1.165) is 11.3 Å². The highest BCUT2D eigenvalue weighted by atomic mass is 32.1. The van der Waals surface area contributed by atoms with Crippen molar-refractivity contribution in [2.45, 2.75) is 13.1 Å². The molecule has 0 bridgehead atoms. The maximum absolute atomic E-state index is 13.5. The summed E-state index contributed by atoms with van der Waals surface area (Å²) in [5.41, 5.74) is -1.11. The van der Waals surface area contributed by atoms with Gasteiger partial charge in [-0.1, -0.05) is 0 Å². The highest BCUT2D eigenvalue weighted by molar-refractivity contribution is 7.13. The lowest BCUT2D eigenvalue weighted by Gasteiger charge is -2.09. The van der Waals surface area contributed by atoms with E-state index >= 15 is 0 Å². The van der Waals surface area contributed by atoms with Crippen LogP contribution in [-0.4, -0.2) is 10.9 Å². The molecule has 2 rings (SSSR count). The topological polar surface area (TPSA) is 42.0 Å². The molecule has 2 aromatic rings. The van der Waals surface area contributed by atoms with Gasteiger partial charge < -0.3 is 0 Å². The highest BCUT2D eigenvalue weighted by Gasteiger charge is 2.32. The number of thiazole rings is 1. The minimum Gasteiger partial charge on any atom is -0.298 e. The van der Waals surface area contributed by atoms with E-state index in [-0.39, 0.29) is 5.13 Å². The number of hydrogen-bond acceptors (Lipinski definition) is 3. The standard InChI is InChI=1S/C12H8F4N2OS/c1-6-5-20-11(17-6)18-10(19)8-4-7(12(14,15)16)2-3-9(8)13/h2-5H,1H3,(H,17,18,19). The number of aromatic nitrogens is 1. The Morgan fingerprint density at radius 3 is 2.60 bits per heavy atom. The fourth-order valence-electron chi connectivity index (χ4n) is 1.45. The van der Waals surface area contributed by atoms with Crippen LogP contribution in [0.15, 0.2) is 23.6 Å². The molecule has 1 amide bonds. The second kappa shape index (κ2) is 5.20. The third-order valence-electron chi connectivity index (χ3n) is 2.38. The molecule has 0 atom stereocenters.